The quantitative estimate of drug-likeness (QED) is 0.456. The summed E-state index contributed by atoms with van der Waals surface area (Å²) >= 11 is 3.29. The van der Waals surface area contributed by atoms with Crippen molar-refractivity contribution in [1.82, 2.24) is 19.1 Å². The molecule has 0 saturated heterocycles. The van der Waals surface area contributed by atoms with Gasteiger partial charge in [-0.15, -0.1) is 0 Å². The number of benzene rings is 2. The molecule has 0 spiro atoms. The lowest BCUT2D eigenvalue weighted by Gasteiger charge is -2.15. The number of aromatic amines is 1. The predicted molar refractivity (Wildman–Crippen MR) is 109 cm³/mol. The number of fused-ring (bicyclic) bond motifs is 2. The number of nitrogens with zero attached hydrogens (tertiary/aromatic N) is 3. The van der Waals surface area contributed by atoms with Crippen LogP contribution < -0.4 is 16.0 Å². The van der Waals surface area contributed by atoms with Crippen molar-refractivity contribution in [3.63, 3.8) is 0 Å². The van der Waals surface area contributed by atoms with Crippen molar-refractivity contribution >= 4 is 37.9 Å². The van der Waals surface area contributed by atoms with Gasteiger partial charge in [-0.2, -0.15) is 0 Å². The summed E-state index contributed by atoms with van der Waals surface area (Å²) in [7, 11) is 1.52. The SMILES string of the molecule is Cn1c(=O)[nH]c(=O)c2c1nc(Br)n2C[C@H](O)COc1cccc2ccccc12. The van der Waals surface area contributed by atoms with Crippen molar-refractivity contribution in [2.75, 3.05) is 6.61 Å². The number of aliphatic hydroxyl groups is 1. The highest BCUT2D eigenvalue weighted by molar-refractivity contribution is 9.10. The van der Waals surface area contributed by atoms with Crippen molar-refractivity contribution in [2.45, 2.75) is 12.6 Å². The van der Waals surface area contributed by atoms with E-state index in [0.717, 1.165) is 10.8 Å². The van der Waals surface area contributed by atoms with Crippen LogP contribution in [0.4, 0.5) is 0 Å². The van der Waals surface area contributed by atoms with Crippen LogP contribution >= 0.6 is 15.9 Å². The Hall–Kier alpha value is -2.91. The number of halogens is 1. The molecule has 0 aliphatic rings. The van der Waals surface area contributed by atoms with Gasteiger partial charge in [0.05, 0.1) is 6.54 Å². The summed E-state index contributed by atoms with van der Waals surface area (Å²) < 4.78 is 8.93. The number of H-pyrrole nitrogens is 1. The van der Waals surface area contributed by atoms with Crippen molar-refractivity contribution < 1.29 is 9.84 Å². The van der Waals surface area contributed by atoms with E-state index in [9.17, 15) is 14.7 Å². The van der Waals surface area contributed by atoms with Crippen LogP contribution in [0, 0.1) is 0 Å². The third-order valence-electron chi connectivity index (χ3n) is 4.53. The molecule has 2 N–H and O–H groups in total. The first-order valence-electron chi connectivity index (χ1n) is 8.59. The largest absolute Gasteiger partial charge is 0.490 e. The highest BCUT2D eigenvalue weighted by Crippen LogP contribution is 2.25. The maximum absolute atomic E-state index is 12.2. The van der Waals surface area contributed by atoms with Crippen LogP contribution in [-0.4, -0.2) is 36.9 Å². The summed E-state index contributed by atoms with van der Waals surface area (Å²) in [5.41, 5.74) is -0.658. The molecule has 9 heteroatoms. The Morgan fingerprint density at radius 1 is 1.21 bits per heavy atom. The van der Waals surface area contributed by atoms with Gasteiger partial charge in [-0.3, -0.25) is 14.3 Å². The van der Waals surface area contributed by atoms with E-state index in [0.29, 0.717) is 10.5 Å². The molecule has 0 aliphatic heterocycles. The number of nitrogens with one attached hydrogen (secondary N) is 1. The van der Waals surface area contributed by atoms with Crippen LogP contribution in [0.3, 0.4) is 0 Å². The first-order chi connectivity index (χ1) is 13.5. The predicted octanol–water partition coefficient (Wildman–Crippen LogP) is 1.78. The second-order valence-electron chi connectivity index (χ2n) is 6.42. The smallest absolute Gasteiger partial charge is 0.329 e. The Balaban J connectivity index is 1.58. The van der Waals surface area contributed by atoms with Gasteiger partial charge < -0.3 is 14.4 Å². The van der Waals surface area contributed by atoms with Crippen LogP contribution in [0.5, 0.6) is 5.75 Å². The summed E-state index contributed by atoms with van der Waals surface area (Å²) in [6.07, 6.45) is -0.899. The van der Waals surface area contributed by atoms with E-state index < -0.39 is 17.4 Å². The van der Waals surface area contributed by atoms with Gasteiger partial charge >= 0.3 is 5.69 Å². The molecule has 2 aromatic carbocycles. The molecule has 4 aromatic rings. The van der Waals surface area contributed by atoms with E-state index in [-0.39, 0.29) is 24.3 Å². The monoisotopic (exact) mass is 444 g/mol. The summed E-state index contributed by atoms with van der Waals surface area (Å²) in [6.45, 7) is 0.104. The van der Waals surface area contributed by atoms with Crippen molar-refractivity contribution in [3.8, 4) is 5.75 Å². The average molecular weight is 445 g/mol. The number of ether oxygens (including phenoxy) is 1. The molecule has 2 aromatic heterocycles. The normalized spacial score (nSPS) is 12.5. The summed E-state index contributed by atoms with van der Waals surface area (Å²) in [4.78, 5) is 30.4. The van der Waals surface area contributed by atoms with E-state index in [1.54, 1.807) is 0 Å². The zero-order valence-electron chi connectivity index (χ0n) is 14.9. The standard InChI is InChI=1S/C19H17BrN4O4/c1-23-16-15(17(26)22-19(23)27)24(18(20)21-16)9-12(25)10-28-14-8-4-6-11-5-2-3-7-13(11)14/h2-8,12,25H,9-10H2,1H3,(H,22,26,27)/t12-/m0/s1. The second kappa shape index (κ2) is 7.25. The molecule has 144 valence electrons. The molecule has 4 rings (SSSR count). The van der Waals surface area contributed by atoms with Gasteiger partial charge in [-0.05, 0) is 27.4 Å². The topological polar surface area (TPSA) is 102 Å². The van der Waals surface area contributed by atoms with Gasteiger partial charge in [0.1, 0.15) is 18.5 Å². The van der Waals surface area contributed by atoms with Crippen LogP contribution in [0.25, 0.3) is 21.9 Å². The number of aliphatic hydroxyl groups excluding tert-OH is 1. The lowest BCUT2D eigenvalue weighted by Crippen LogP contribution is -2.30. The number of hydrogen-bond donors (Lipinski definition) is 2. The summed E-state index contributed by atoms with van der Waals surface area (Å²) in [5.74, 6) is 0.673. The van der Waals surface area contributed by atoms with Crippen LogP contribution in [0.15, 0.2) is 56.8 Å². The molecule has 0 bridgehead atoms. The van der Waals surface area contributed by atoms with Gasteiger partial charge in [-0.25, -0.2) is 9.78 Å². The highest BCUT2D eigenvalue weighted by Gasteiger charge is 2.18. The Kier molecular flexibility index (Phi) is 4.78. The van der Waals surface area contributed by atoms with Crippen LogP contribution in [0.2, 0.25) is 0 Å². The van der Waals surface area contributed by atoms with E-state index >= 15 is 0 Å². The van der Waals surface area contributed by atoms with Crippen LogP contribution in [-0.2, 0) is 13.6 Å². The molecule has 28 heavy (non-hydrogen) atoms. The number of hydrogen-bond acceptors (Lipinski definition) is 5. The van der Waals surface area contributed by atoms with Gasteiger partial charge in [0.15, 0.2) is 15.9 Å². The molecule has 0 saturated carbocycles. The van der Waals surface area contributed by atoms with Gasteiger partial charge in [0.2, 0.25) is 0 Å². The van der Waals surface area contributed by atoms with Gasteiger partial charge in [0.25, 0.3) is 5.56 Å². The Bertz CT molecular complexity index is 1290. The second-order valence-corrected chi connectivity index (χ2v) is 7.13. The zero-order chi connectivity index (χ0) is 19.8. The molecule has 0 aliphatic carbocycles. The highest BCUT2D eigenvalue weighted by atomic mass is 79.9. The molecule has 2 heterocycles. The number of rotatable bonds is 5. The molecule has 0 radical (unpaired) electrons. The summed E-state index contributed by atoms with van der Waals surface area (Å²) in [5, 5.41) is 12.5. The Morgan fingerprint density at radius 2 is 1.96 bits per heavy atom. The van der Waals surface area contributed by atoms with E-state index in [2.05, 4.69) is 25.9 Å². The Morgan fingerprint density at radius 3 is 2.79 bits per heavy atom. The lowest BCUT2D eigenvalue weighted by molar-refractivity contribution is 0.0936. The fourth-order valence-electron chi connectivity index (χ4n) is 3.15. The molecular formula is C19H17BrN4O4. The summed E-state index contributed by atoms with van der Waals surface area (Å²) in [6, 6.07) is 13.6. The van der Waals surface area contributed by atoms with E-state index in [1.165, 1.54) is 16.2 Å². The van der Waals surface area contributed by atoms with Crippen molar-refractivity contribution in [2.24, 2.45) is 7.05 Å². The lowest BCUT2D eigenvalue weighted by atomic mass is 10.1. The third-order valence-corrected chi connectivity index (χ3v) is 5.14. The first kappa shape index (κ1) is 18.5. The fourth-order valence-corrected chi connectivity index (χ4v) is 3.64. The molecule has 0 unspecified atom stereocenters. The van der Waals surface area contributed by atoms with Crippen LogP contribution in [0.1, 0.15) is 0 Å². The minimum atomic E-state index is -0.899. The molecule has 0 fully saturated rings. The minimum absolute atomic E-state index is 0.0315. The number of aromatic nitrogens is 4. The number of imidazole rings is 1. The zero-order valence-corrected chi connectivity index (χ0v) is 16.5. The maximum atomic E-state index is 12.2. The van der Waals surface area contributed by atoms with Gasteiger partial charge in [0, 0.05) is 12.4 Å². The minimum Gasteiger partial charge on any atom is -0.490 e. The number of aryl methyl sites for hydroxylation is 1. The molecule has 1 atom stereocenters. The molecular weight excluding hydrogens is 428 g/mol. The average Bonchev–Trinajstić information content (AvgIpc) is 3.01. The van der Waals surface area contributed by atoms with E-state index in [4.69, 9.17) is 4.74 Å². The van der Waals surface area contributed by atoms with Crippen molar-refractivity contribution in [1.29, 1.82) is 0 Å². The first-order valence-corrected chi connectivity index (χ1v) is 9.38. The van der Waals surface area contributed by atoms with Crippen molar-refractivity contribution in [3.05, 3.63) is 68.0 Å². The maximum Gasteiger partial charge on any atom is 0.329 e. The third kappa shape index (κ3) is 3.23. The molecule has 0 amide bonds. The Labute approximate surface area is 167 Å². The van der Waals surface area contributed by atoms with E-state index in [1.807, 2.05) is 42.5 Å². The molecule has 8 nitrogen and oxygen atoms in total. The van der Waals surface area contributed by atoms with Gasteiger partial charge in [-0.1, -0.05) is 36.4 Å². The fraction of sp³-hybridized carbons (Fsp3) is 0.211.